The van der Waals surface area contributed by atoms with E-state index in [0.717, 1.165) is 11.6 Å². The van der Waals surface area contributed by atoms with Crippen molar-refractivity contribution in [3.63, 3.8) is 0 Å². The van der Waals surface area contributed by atoms with Crippen LogP contribution in [0.1, 0.15) is 32.1 Å². The van der Waals surface area contributed by atoms with Crippen LogP contribution in [0.25, 0.3) is 0 Å². The van der Waals surface area contributed by atoms with Gasteiger partial charge in [-0.2, -0.15) is 0 Å². The number of anilines is 2. The van der Waals surface area contributed by atoms with Crippen molar-refractivity contribution in [3.05, 3.63) is 24.3 Å². The first kappa shape index (κ1) is 11.3. The highest BCUT2D eigenvalue weighted by Gasteiger charge is 2.15. The molecule has 88 valence electrons. The lowest BCUT2D eigenvalue weighted by atomic mass is 9.89. The average Bonchev–Trinajstić information content (AvgIpc) is 2.31. The fourth-order valence-corrected chi connectivity index (χ4v) is 2.59. The molecule has 1 saturated carbocycles. The van der Waals surface area contributed by atoms with Crippen molar-refractivity contribution in [1.82, 2.24) is 0 Å². The minimum absolute atomic E-state index is 0.842. The number of benzene rings is 1. The Balaban J connectivity index is 1.91. The summed E-state index contributed by atoms with van der Waals surface area (Å²) in [5.74, 6) is 0.885. The van der Waals surface area contributed by atoms with Crippen LogP contribution >= 0.6 is 0 Å². The Kier molecular flexibility index (Phi) is 3.70. The van der Waals surface area contributed by atoms with Crippen LogP contribution in [-0.2, 0) is 0 Å². The molecule has 2 nitrogen and oxygen atoms in total. The van der Waals surface area contributed by atoms with Crippen molar-refractivity contribution in [1.29, 1.82) is 0 Å². The summed E-state index contributed by atoms with van der Waals surface area (Å²) in [5.41, 5.74) is 7.81. The molecule has 1 aromatic carbocycles. The highest BCUT2D eigenvalue weighted by Crippen LogP contribution is 2.26. The van der Waals surface area contributed by atoms with E-state index in [4.69, 9.17) is 5.73 Å². The van der Waals surface area contributed by atoms with Crippen LogP contribution in [0.2, 0.25) is 0 Å². The first-order valence-electron chi connectivity index (χ1n) is 6.32. The van der Waals surface area contributed by atoms with E-state index in [1.54, 1.807) is 0 Å². The third kappa shape index (κ3) is 2.91. The second kappa shape index (κ2) is 5.24. The van der Waals surface area contributed by atoms with Crippen molar-refractivity contribution >= 4 is 11.4 Å². The van der Waals surface area contributed by atoms with Crippen molar-refractivity contribution in [2.45, 2.75) is 32.1 Å². The normalized spacial score (nSPS) is 17.3. The zero-order valence-corrected chi connectivity index (χ0v) is 10.2. The minimum atomic E-state index is 0.842. The number of hydrogen-bond acceptors (Lipinski definition) is 2. The molecular weight excluding hydrogens is 196 g/mol. The molecule has 0 saturated heterocycles. The highest BCUT2D eigenvalue weighted by atomic mass is 15.1. The molecule has 2 N–H and O–H groups in total. The summed E-state index contributed by atoms with van der Waals surface area (Å²) in [6.07, 6.45) is 7.07. The zero-order chi connectivity index (χ0) is 11.4. The SMILES string of the molecule is CN(CC1CCCCC1)c1ccc(N)cc1. The van der Waals surface area contributed by atoms with E-state index in [2.05, 4.69) is 24.1 Å². The summed E-state index contributed by atoms with van der Waals surface area (Å²) in [4.78, 5) is 2.36. The number of nitrogens with zero attached hydrogens (tertiary/aromatic N) is 1. The van der Waals surface area contributed by atoms with Gasteiger partial charge in [-0.1, -0.05) is 19.3 Å². The molecule has 1 fully saturated rings. The van der Waals surface area contributed by atoms with E-state index in [-0.39, 0.29) is 0 Å². The lowest BCUT2D eigenvalue weighted by Gasteiger charge is -2.28. The summed E-state index contributed by atoms with van der Waals surface area (Å²) in [7, 11) is 2.18. The molecule has 2 heteroatoms. The molecule has 0 spiro atoms. The fourth-order valence-electron chi connectivity index (χ4n) is 2.59. The second-order valence-electron chi connectivity index (χ2n) is 4.98. The number of hydrogen-bond donors (Lipinski definition) is 1. The van der Waals surface area contributed by atoms with Gasteiger partial charge in [-0.15, -0.1) is 0 Å². The molecule has 0 heterocycles. The third-order valence-corrected chi connectivity index (χ3v) is 3.59. The molecule has 1 aromatic rings. The molecule has 1 aliphatic rings. The molecule has 1 aliphatic carbocycles. The maximum Gasteiger partial charge on any atom is 0.0365 e. The summed E-state index contributed by atoms with van der Waals surface area (Å²) in [5, 5.41) is 0. The van der Waals surface area contributed by atoms with Gasteiger partial charge in [0.2, 0.25) is 0 Å². The van der Waals surface area contributed by atoms with Gasteiger partial charge in [-0.3, -0.25) is 0 Å². The monoisotopic (exact) mass is 218 g/mol. The van der Waals surface area contributed by atoms with Gasteiger partial charge in [-0.05, 0) is 43.0 Å². The van der Waals surface area contributed by atoms with E-state index < -0.39 is 0 Å². The average molecular weight is 218 g/mol. The molecule has 0 atom stereocenters. The van der Waals surface area contributed by atoms with Gasteiger partial charge in [0.05, 0.1) is 0 Å². The molecule has 0 aliphatic heterocycles. The predicted octanol–water partition coefficient (Wildman–Crippen LogP) is 3.29. The summed E-state index contributed by atoms with van der Waals surface area (Å²) in [6, 6.07) is 8.18. The van der Waals surface area contributed by atoms with Crippen LogP contribution in [0, 0.1) is 5.92 Å². The molecule has 0 aromatic heterocycles. The molecule has 0 radical (unpaired) electrons. The summed E-state index contributed by atoms with van der Waals surface area (Å²) < 4.78 is 0. The Labute approximate surface area is 98.4 Å². The van der Waals surface area contributed by atoms with Gasteiger partial charge in [0, 0.05) is 25.0 Å². The summed E-state index contributed by atoms with van der Waals surface area (Å²) >= 11 is 0. The Morgan fingerprint density at radius 3 is 2.38 bits per heavy atom. The van der Waals surface area contributed by atoms with Crippen molar-refractivity contribution < 1.29 is 0 Å². The molecular formula is C14H22N2. The van der Waals surface area contributed by atoms with Crippen LogP contribution in [-0.4, -0.2) is 13.6 Å². The van der Waals surface area contributed by atoms with Crippen LogP contribution < -0.4 is 10.6 Å². The van der Waals surface area contributed by atoms with E-state index >= 15 is 0 Å². The fraction of sp³-hybridized carbons (Fsp3) is 0.571. The highest BCUT2D eigenvalue weighted by molar-refractivity contribution is 5.52. The van der Waals surface area contributed by atoms with Crippen LogP contribution in [0.5, 0.6) is 0 Å². The Hall–Kier alpha value is -1.18. The lowest BCUT2D eigenvalue weighted by molar-refractivity contribution is 0.362. The van der Waals surface area contributed by atoms with Crippen LogP contribution in [0.15, 0.2) is 24.3 Å². The van der Waals surface area contributed by atoms with Crippen molar-refractivity contribution in [2.24, 2.45) is 5.92 Å². The zero-order valence-electron chi connectivity index (χ0n) is 10.2. The van der Waals surface area contributed by atoms with E-state index in [1.165, 1.54) is 44.3 Å². The van der Waals surface area contributed by atoms with Gasteiger partial charge in [-0.25, -0.2) is 0 Å². The Bertz CT molecular complexity index is 312. The molecule has 0 bridgehead atoms. The van der Waals surface area contributed by atoms with Gasteiger partial charge in [0.25, 0.3) is 0 Å². The molecule has 16 heavy (non-hydrogen) atoms. The standard InChI is InChI=1S/C14H22N2/c1-16(11-12-5-3-2-4-6-12)14-9-7-13(15)8-10-14/h7-10,12H,2-6,11,15H2,1H3. The molecule has 0 amide bonds. The van der Waals surface area contributed by atoms with Crippen LogP contribution in [0.3, 0.4) is 0 Å². The molecule has 0 unspecified atom stereocenters. The van der Waals surface area contributed by atoms with Crippen molar-refractivity contribution in [2.75, 3.05) is 24.2 Å². The maximum absolute atomic E-state index is 5.69. The first-order valence-corrected chi connectivity index (χ1v) is 6.32. The Morgan fingerprint density at radius 2 is 1.75 bits per heavy atom. The largest absolute Gasteiger partial charge is 0.399 e. The Morgan fingerprint density at radius 1 is 1.12 bits per heavy atom. The summed E-state index contributed by atoms with van der Waals surface area (Å²) in [6.45, 7) is 1.18. The third-order valence-electron chi connectivity index (χ3n) is 3.59. The number of rotatable bonds is 3. The van der Waals surface area contributed by atoms with E-state index in [1.807, 2.05) is 12.1 Å². The lowest BCUT2D eigenvalue weighted by Crippen LogP contribution is -2.26. The maximum atomic E-state index is 5.69. The molecule has 2 rings (SSSR count). The van der Waals surface area contributed by atoms with Crippen molar-refractivity contribution in [3.8, 4) is 0 Å². The second-order valence-corrected chi connectivity index (χ2v) is 4.98. The van der Waals surface area contributed by atoms with Crippen LogP contribution in [0.4, 0.5) is 11.4 Å². The van der Waals surface area contributed by atoms with Gasteiger partial charge in [0.1, 0.15) is 0 Å². The smallest absolute Gasteiger partial charge is 0.0365 e. The van der Waals surface area contributed by atoms with Gasteiger partial charge in [0.15, 0.2) is 0 Å². The number of nitrogens with two attached hydrogens (primary N) is 1. The minimum Gasteiger partial charge on any atom is -0.399 e. The van der Waals surface area contributed by atoms with E-state index in [0.29, 0.717) is 0 Å². The van der Waals surface area contributed by atoms with Gasteiger partial charge >= 0.3 is 0 Å². The predicted molar refractivity (Wildman–Crippen MR) is 70.7 cm³/mol. The van der Waals surface area contributed by atoms with E-state index in [9.17, 15) is 0 Å². The topological polar surface area (TPSA) is 29.3 Å². The number of nitrogen functional groups attached to an aromatic ring is 1. The first-order chi connectivity index (χ1) is 7.75. The van der Waals surface area contributed by atoms with Gasteiger partial charge < -0.3 is 10.6 Å². The quantitative estimate of drug-likeness (QED) is 0.789.